The van der Waals surface area contributed by atoms with E-state index in [4.69, 9.17) is 0 Å². The van der Waals surface area contributed by atoms with Crippen LogP contribution in [0.4, 0.5) is 0 Å². The largest absolute Gasteiger partial charge is 0.507 e. The molecule has 1 rings (SSSR count). The zero-order valence-electron chi connectivity index (χ0n) is 8.29. The summed E-state index contributed by atoms with van der Waals surface area (Å²) in [5, 5.41) is 9.75. The first kappa shape index (κ1) is 10.5. The van der Waals surface area contributed by atoms with Gasteiger partial charge in [-0.3, -0.25) is 4.79 Å². The highest BCUT2D eigenvalue weighted by atomic mass is 16.3. The van der Waals surface area contributed by atoms with E-state index in [1.54, 1.807) is 31.2 Å². The average molecular weight is 190 g/mol. The second-order valence-corrected chi connectivity index (χ2v) is 3.08. The maximum atomic E-state index is 11.4. The Morgan fingerprint density at radius 2 is 2.29 bits per heavy atom. The fourth-order valence-electron chi connectivity index (χ4n) is 1.33. The zero-order chi connectivity index (χ0) is 10.6. The van der Waals surface area contributed by atoms with Gasteiger partial charge in [-0.25, -0.2) is 0 Å². The average Bonchev–Trinajstić information content (AvgIpc) is 2.20. The van der Waals surface area contributed by atoms with Gasteiger partial charge in [0, 0.05) is 6.42 Å². The number of aromatic hydroxyl groups is 1. The van der Waals surface area contributed by atoms with Gasteiger partial charge in [-0.15, -0.1) is 6.58 Å². The Kier molecular flexibility index (Phi) is 3.46. The van der Waals surface area contributed by atoms with Crippen molar-refractivity contribution in [3.63, 3.8) is 0 Å². The lowest BCUT2D eigenvalue weighted by Gasteiger charge is -2.06. The number of phenolic OH excluding ortho intramolecular Hbond substituents is 1. The van der Waals surface area contributed by atoms with Crippen LogP contribution in [0.3, 0.4) is 0 Å². The van der Waals surface area contributed by atoms with Crippen LogP contribution < -0.4 is 0 Å². The van der Waals surface area contributed by atoms with Gasteiger partial charge in [0.1, 0.15) is 5.75 Å². The number of hydrogen-bond acceptors (Lipinski definition) is 2. The Morgan fingerprint density at radius 3 is 2.86 bits per heavy atom. The van der Waals surface area contributed by atoms with Gasteiger partial charge in [-0.2, -0.15) is 0 Å². The third-order valence-electron chi connectivity index (χ3n) is 2.11. The smallest absolute Gasteiger partial charge is 0.166 e. The second-order valence-electron chi connectivity index (χ2n) is 3.08. The van der Waals surface area contributed by atoms with Crippen LogP contribution in [-0.2, 0) is 6.42 Å². The molecule has 0 radical (unpaired) electrons. The lowest BCUT2D eigenvalue weighted by Crippen LogP contribution is -1.98. The number of allylic oxidation sites excluding steroid dienone is 1. The van der Waals surface area contributed by atoms with Crippen molar-refractivity contribution in [2.75, 3.05) is 0 Å². The minimum absolute atomic E-state index is 0.0339. The lowest BCUT2D eigenvalue weighted by atomic mass is 10.0. The highest BCUT2D eigenvalue weighted by Crippen LogP contribution is 2.24. The van der Waals surface area contributed by atoms with Crippen molar-refractivity contribution >= 4 is 5.78 Å². The van der Waals surface area contributed by atoms with Crippen LogP contribution in [0.5, 0.6) is 5.75 Å². The molecule has 0 fully saturated rings. The molecule has 2 nitrogen and oxygen atoms in total. The van der Waals surface area contributed by atoms with Crippen molar-refractivity contribution in [2.24, 2.45) is 0 Å². The molecule has 1 aromatic rings. The van der Waals surface area contributed by atoms with E-state index in [0.717, 1.165) is 5.56 Å². The van der Waals surface area contributed by atoms with E-state index in [1.165, 1.54) is 0 Å². The molecule has 0 heterocycles. The molecule has 0 saturated carbocycles. The molecule has 0 spiro atoms. The normalized spacial score (nSPS) is 9.79. The molecule has 0 atom stereocenters. The molecule has 0 aromatic heterocycles. The molecule has 0 aliphatic carbocycles. The zero-order valence-corrected chi connectivity index (χ0v) is 8.29. The third-order valence-corrected chi connectivity index (χ3v) is 2.11. The molecule has 0 bridgehead atoms. The van der Waals surface area contributed by atoms with E-state index in [-0.39, 0.29) is 11.5 Å². The van der Waals surface area contributed by atoms with Crippen LogP contribution in [0.2, 0.25) is 0 Å². The SMILES string of the molecule is C=CCc1cccc(C(=O)CC)c1O. The number of benzene rings is 1. The van der Waals surface area contributed by atoms with Gasteiger partial charge in [0.25, 0.3) is 0 Å². The molecule has 2 heteroatoms. The van der Waals surface area contributed by atoms with Crippen LogP contribution in [0, 0.1) is 0 Å². The highest BCUT2D eigenvalue weighted by Gasteiger charge is 2.11. The number of rotatable bonds is 4. The first-order chi connectivity index (χ1) is 6.70. The first-order valence-electron chi connectivity index (χ1n) is 4.65. The fourth-order valence-corrected chi connectivity index (χ4v) is 1.33. The van der Waals surface area contributed by atoms with Crippen LogP contribution in [0.25, 0.3) is 0 Å². The molecule has 1 aromatic carbocycles. The van der Waals surface area contributed by atoms with E-state index in [9.17, 15) is 9.90 Å². The molecule has 0 unspecified atom stereocenters. The van der Waals surface area contributed by atoms with Crippen LogP contribution in [0.15, 0.2) is 30.9 Å². The highest BCUT2D eigenvalue weighted by molar-refractivity contribution is 5.98. The van der Waals surface area contributed by atoms with E-state index in [2.05, 4.69) is 6.58 Å². The maximum absolute atomic E-state index is 11.4. The lowest BCUT2D eigenvalue weighted by molar-refractivity contribution is 0.0985. The van der Waals surface area contributed by atoms with Crippen LogP contribution >= 0.6 is 0 Å². The molecule has 0 aliphatic heterocycles. The predicted molar refractivity (Wildman–Crippen MR) is 56.6 cm³/mol. The minimum atomic E-state index is -0.0339. The first-order valence-corrected chi connectivity index (χ1v) is 4.65. The number of hydrogen-bond donors (Lipinski definition) is 1. The monoisotopic (exact) mass is 190 g/mol. The van der Waals surface area contributed by atoms with Crippen molar-refractivity contribution in [2.45, 2.75) is 19.8 Å². The number of carbonyl (C=O) groups excluding carboxylic acids is 1. The topological polar surface area (TPSA) is 37.3 Å². The summed E-state index contributed by atoms with van der Waals surface area (Å²) < 4.78 is 0. The maximum Gasteiger partial charge on any atom is 0.166 e. The van der Waals surface area contributed by atoms with E-state index < -0.39 is 0 Å². The molecular formula is C12H14O2. The second kappa shape index (κ2) is 4.61. The van der Waals surface area contributed by atoms with E-state index in [0.29, 0.717) is 18.4 Å². The molecule has 74 valence electrons. The van der Waals surface area contributed by atoms with Gasteiger partial charge in [-0.05, 0) is 18.1 Å². The van der Waals surface area contributed by atoms with Gasteiger partial charge in [0.2, 0.25) is 0 Å². The number of carbonyl (C=O) groups is 1. The number of phenols is 1. The van der Waals surface area contributed by atoms with Gasteiger partial charge < -0.3 is 5.11 Å². The summed E-state index contributed by atoms with van der Waals surface area (Å²) >= 11 is 0. The molecular weight excluding hydrogens is 176 g/mol. The molecule has 14 heavy (non-hydrogen) atoms. The Labute approximate surface area is 83.9 Å². The summed E-state index contributed by atoms with van der Waals surface area (Å²) in [5.41, 5.74) is 1.16. The van der Waals surface area contributed by atoms with Gasteiger partial charge in [-0.1, -0.05) is 25.1 Å². The van der Waals surface area contributed by atoms with Crippen molar-refractivity contribution in [3.05, 3.63) is 42.0 Å². The van der Waals surface area contributed by atoms with Crippen LogP contribution in [0.1, 0.15) is 29.3 Å². The summed E-state index contributed by atoms with van der Waals surface area (Å²) in [6, 6.07) is 5.22. The van der Waals surface area contributed by atoms with Gasteiger partial charge in [0.15, 0.2) is 5.78 Å². The standard InChI is InChI=1S/C12H14O2/c1-3-6-9-7-5-8-10(12(9)14)11(13)4-2/h3,5,7-8,14H,1,4,6H2,2H3. The molecule has 0 aliphatic rings. The van der Waals surface area contributed by atoms with Crippen molar-refractivity contribution in [1.82, 2.24) is 0 Å². The molecule has 1 N–H and O–H groups in total. The summed E-state index contributed by atoms with van der Waals surface area (Å²) in [7, 11) is 0. The minimum Gasteiger partial charge on any atom is -0.507 e. The number of ketones is 1. The Hall–Kier alpha value is -1.57. The third kappa shape index (κ3) is 2.02. The van der Waals surface area contributed by atoms with Crippen molar-refractivity contribution < 1.29 is 9.90 Å². The molecule has 0 saturated heterocycles. The van der Waals surface area contributed by atoms with Crippen molar-refractivity contribution in [1.29, 1.82) is 0 Å². The van der Waals surface area contributed by atoms with E-state index in [1.807, 2.05) is 0 Å². The summed E-state index contributed by atoms with van der Waals surface area (Å²) in [6.07, 6.45) is 2.69. The molecule has 0 amide bonds. The summed E-state index contributed by atoms with van der Waals surface area (Å²) in [6.45, 7) is 5.38. The fraction of sp³-hybridized carbons (Fsp3) is 0.250. The van der Waals surface area contributed by atoms with Gasteiger partial charge in [0.05, 0.1) is 5.56 Å². The quantitative estimate of drug-likeness (QED) is 0.585. The van der Waals surface area contributed by atoms with Crippen molar-refractivity contribution in [3.8, 4) is 5.75 Å². The van der Waals surface area contributed by atoms with Gasteiger partial charge >= 0.3 is 0 Å². The van der Waals surface area contributed by atoms with Crippen LogP contribution in [-0.4, -0.2) is 10.9 Å². The van der Waals surface area contributed by atoms with E-state index >= 15 is 0 Å². The Bertz CT molecular complexity index is 353. The summed E-state index contributed by atoms with van der Waals surface area (Å²) in [4.78, 5) is 11.4. The number of Topliss-reactive ketones (excluding diaryl/α,β-unsaturated/α-hetero) is 1. The number of para-hydroxylation sites is 1. The Morgan fingerprint density at radius 1 is 1.57 bits per heavy atom. The summed E-state index contributed by atoms with van der Waals surface area (Å²) in [5.74, 6) is 0.0627. The predicted octanol–water partition coefficient (Wildman–Crippen LogP) is 2.71. The Balaban J connectivity index is 3.13.